The van der Waals surface area contributed by atoms with Gasteiger partial charge in [0, 0.05) is 11.3 Å². The van der Waals surface area contributed by atoms with Crippen molar-refractivity contribution in [2.24, 2.45) is 0 Å². The summed E-state index contributed by atoms with van der Waals surface area (Å²) in [6, 6.07) is 15.4. The fourth-order valence-electron chi connectivity index (χ4n) is 2.97. The lowest BCUT2D eigenvalue weighted by atomic mass is 9.89. The van der Waals surface area contributed by atoms with Gasteiger partial charge in [-0.1, -0.05) is 37.2 Å². The van der Waals surface area contributed by atoms with E-state index in [9.17, 15) is 10.1 Å². The van der Waals surface area contributed by atoms with Crippen LogP contribution in [-0.2, 0) is 4.79 Å². The Morgan fingerprint density at radius 2 is 1.68 bits per heavy atom. The van der Waals surface area contributed by atoms with Crippen molar-refractivity contribution in [3.8, 4) is 23.3 Å². The monoisotopic (exact) mass is 388 g/mol. The minimum absolute atomic E-state index is 0.0904. The SMILES string of the molecule is CCCCSC(=O)/C(C)=C(\C)c1cc(C#N)cc(-c2ccc(C#N)cc2)c1C. The summed E-state index contributed by atoms with van der Waals surface area (Å²) in [5, 5.41) is 18.6. The van der Waals surface area contributed by atoms with E-state index in [1.807, 2.05) is 45.0 Å². The van der Waals surface area contributed by atoms with Crippen molar-refractivity contribution >= 4 is 22.5 Å². The zero-order valence-corrected chi connectivity index (χ0v) is 17.6. The van der Waals surface area contributed by atoms with Crippen LogP contribution in [0.4, 0.5) is 0 Å². The van der Waals surface area contributed by atoms with Gasteiger partial charge in [0.2, 0.25) is 5.12 Å². The lowest BCUT2D eigenvalue weighted by Crippen LogP contribution is -2.01. The lowest BCUT2D eigenvalue weighted by Gasteiger charge is -2.15. The Morgan fingerprint density at radius 1 is 1.04 bits per heavy atom. The van der Waals surface area contributed by atoms with Gasteiger partial charge < -0.3 is 0 Å². The van der Waals surface area contributed by atoms with Crippen molar-refractivity contribution < 1.29 is 4.79 Å². The van der Waals surface area contributed by atoms with E-state index in [1.165, 1.54) is 11.8 Å². The molecule has 0 aliphatic rings. The van der Waals surface area contributed by atoms with Crippen molar-refractivity contribution in [2.45, 2.75) is 40.5 Å². The summed E-state index contributed by atoms with van der Waals surface area (Å²) >= 11 is 1.36. The Morgan fingerprint density at radius 3 is 2.25 bits per heavy atom. The largest absolute Gasteiger partial charge is 0.282 e. The van der Waals surface area contributed by atoms with Crippen molar-refractivity contribution in [3.63, 3.8) is 0 Å². The molecule has 0 N–H and O–H groups in total. The fraction of sp³-hybridized carbons (Fsp3) is 0.292. The van der Waals surface area contributed by atoms with Gasteiger partial charge in [-0.25, -0.2) is 0 Å². The number of allylic oxidation sites excluding steroid dienone is 1. The molecule has 28 heavy (non-hydrogen) atoms. The highest BCUT2D eigenvalue weighted by Crippen LogP contribution is 2.33. The average Bonchev–Trinajstić information content (AvgIpc) is 2.73. The van der Waals surface area contributed by atoms with Crippen LogP contribution >= 0.6 is 11.8 Å². The summed E-state index contributed by atoms with van der Waals surface area (Å²) in [7, 11) is 0. The molecule has 0 amide bonds. The minimum Gasteiger partial charge on any atom is -0.282 e. The van der Waals surface area contributed by atoms with Crippen molar-refractivity contribution in [3.05, 3.63) is 64.2 Å². The summed E-state index contributed by atoms with van der Waals surface area (Å²) in [4.78, 5) is 12.5. The topological polar surface area (TPSA) is 64.7 Å². The van der Waals surface area contributed by atoms with Gasteiger partial charge in [-0.05, 0) is 79.3 Å². The fourth-order valence-corrected chi connectivity index (χ4v) is 3.95. The number of benzene rings is 2. The minimum atomic E-state index is 0.0904. The predicted octanol–water partition coefficient (Wildman–Crippen LogP) is 6.26. The third kappa shape index (κ3) is 4.91. The molecule has 0 bridgehead atoms. The molecule has 0 atom stereocenters. The number of carbonyl (C=O) groups is 1. The summed E-state index contributed by atoms with van der Waals surface area (Å²) in [5.41, 5.74) is 6.61. The van der Waals surface area contributed by atoms with Gasteiger partial charge in [-0.2, -0.15) is 10.5 Å². The Labute approximate surface area is 171 Å². The predicted molar refractivity (Wildman–Crippen MR) is 117 cm³/mol. The molecule has 2 aromatic carbocycles. The molecular formula is C24H24N2OS. The van der Waals surface area contributed by atoms with Crippen LogP contribution in [-0.4, -0.2) is 10.9 Å². The number of hydrogen-bond donors (Lipinski definition) is 0. The van der Waals surface area contributed by atoms with Gasteiger partial charge in [-0.3, -0.25) is 4.79 Å². The molecule has 0 radical (unpaired) electrons. The molecule has 4 heteroatoms. The summed E-state index contributed by atoms with van der Waals surface area (Å²) in [6.07, 6.45) is 2.09. The first-order valence-electron chi connectivity index (χ1n) is 9.33. The summed E-state index contributed by atoms with van der Waals surface area (Å²) < 4.78 is 0. The zero-order chi connectivity index (χ0) is 20.7. The smallest absolute Gasteiger partial charge is 0.215 e. The van der Waals surface area contributed by atoms with Crippen LogP contribution < -0.4 is 0 Å². The third-order valence-electron chi connectivity index (χ3n) is 4.87. The molecule has 0 unspecified atom stereocenters. The third-order valence-corrected chi connectivity index (χ3v) is 5.93. The number of nitriles is 2. The van der Waals surface area contributed by atoms with Gasteiger partial charge in [0.1, 0.15) is 0 Å². The summed E-state index contributed by atoms with van der Waals surface area (Å²) in [5.74, 6) is 0.827. The van der Waals surface area contributed by atoms with Crippen LogP contribution in [0.5, 0.6) is 0 Å². The number of thioether (sulfide) groups is 1. The number of nitrogens with zero attached hydrogens (tertiary/aromatic N) is 2. The molecule has 0 saturated heterocycles. The van der Waals surface area contributed by atoms with E-state index in [4.69, 9.17) is 5.26 Å². The molecule has 0 fully saturated rings. The van der Waals surface area contributed by atoms with E-state index in [-0.39, 0.29) is 5.12 Å². The second-order valence-electron chi connectivity index (χ2n) is 6.74. The van der Waals surface area contributed by atoms with E-state index >= 15 is 0 Å². The number of carbonyl (C=O) groups excluding carboxylic acids is 1. The normalized spacial score (nSPS) is 11.4. The van der Waals surface area contributed by atoms with Gasteiger partial charge in [0.05, 0.1) is 23.3 Å². The van der Waals surface area contributed by atoms with Gasteiger partial charge in [-0.15, -0.1) is 0 Å². The highest BCUT2D eigenvalue weighted by molar-refractivity contribution is 8.14. The van der Waals surface area contributed by atoms with Crippen LogP contribution in [0.2, 0.25) is 0 Å². The second-order valence-corrected chi connectivity index (χ2v) is 7.80. The van der Waals surface area contributed by atoms with E-state index < -0.39 is 0 Å². The van der Waals surface area contributed by atoms with Crippen molar-refractivity contribution in [1.82, 2.24) is 0 Å². The van der Waals surface area contributed by atoms with Crippen LogP contribution in [0, 0.1) is 29.6 Å². The van der Waals surface area contributed by atoms with Crippen LogP contribution in [0.3, 0.4) is 0 Å². The molecule has 2 rings (SSSR count). The Kier molecular flexibility index (Phi) is 7.61. The Hall–Kier alpha value is -2.82. The maximum absolute atomic E-state index is 12.5. The highest BCUT2D eigenvalue weighted by Gasteiger charge is 2.15. The van der Waals surface area contributed by atoms with E-state index in [1.54, 1.807) is 12.1 Å². The van der Waals surface area contributed by atoms with E-state index in [2.05, 4.69) is 19.1 Å². The molecule has 0 aromatic heterocycles. The maximum atomic E-state index is 12.5. The summed E-state index contributed by atoms with van der Waals surface area (Å²) in [6.45, 7) is 7.92. The van der Waals surface area contributed by atoms with Crippen LogP contribution in [0.15, 0.2) is 42.0 Å². The first-order chi connectivity index (χ1) is 13.4. The average molecular weight is 389 g/mol. The molecular weight excluding hydrogens is 364 g/mol. The number of unbranched alkanes of at least 4 members (excludes halogenated alkanes) is 1. The zero-order valence-electron chi connectivity index (χ0n) is 16.8. The first-order valence-corrected chi connectivity index (χ1v) is 10.3. The molecule has 0 saturated carbocycles. The molecule has 0 aliphatic heterocycles. The Balaban J connectivity index is 2.52. The molecule has 0 heterocycles. The highest BCUT2D eigenvalue weighted by atomic mass is 32.2. The molecule has 142 valence electrons. The van der Waals surface area contributed by atoms with Crippen molar-refractivity contribution in [1.29, 1.82) is 10.5 Å². The van der Waals surface area contributed by atoms with Gasteiger partial charge in [0.15, 0.2) is 0 Å². The molecule has 3 nitrogen and oxygen atoms in total. The van der Waals surface area contributed by atoms with E-state index in [0.29, 0.717) is 11.1 Å². The molecule has 0 aliphatic carbocycles. The lowest BCUT2D eigenvalue weighted by molar-refractivity contribution is -0.107. The Bertz CT molecular complexity index is 989. The van der Waals surface area contributed by atoms with Gasteiger partial charge >= 0.3 is 0 Å². The van der Waals surface area contributed by atoms with Gasteiger partial charge in [0.25, 0.3) is 0 Å². The molecule has 0 spiro atoms. The molecule has 2 aromatic rings. The van der Waals surface area contributed by atoms with Crippen molar-refractivity contribution in [2.75, 3.05) is 5.75 Å². The number of hydrogen-bond acceptors (Lipinski definition) is 4. The second kappa shape index (κ2) is 9.93. The maximum Gasteiger partial charge on any atom is 0.215 e. The van der Waals surface area contributed by atoms with Crippen LogP contribution in [0.1, 0.15) is 55.9 Å². The first kappa shape index (κ1) is 21.5. The quantitative estimate of drug-likeness (QED) is 0.433. The standard InChI is InChI=1S/C24H24N2OS/c1-5-6-11-28-24(27)17(3)16(2)22-12-20(15-26)13-23(18(22)4)21-9-7-19(14-25)8-10-21/h7-10,12-13H,5-6,11H2,1-4H3/b17-16+. The van der Waals surface area contributed by atoms with E-state index in [0.717, 1.165) is 52.0 Å². The van der Waals surface area contributed by atoms with Crippen LogP contribution in [0.25, 0.3) is 16.7 Å². The number of rotatable bonds is 6.